The molecule has 0 N–H and O–H groups in total. The van der Waals surface area contributed by atoms with E-state index in [-0.39, 0.29) is 6.10 Å². The fraction of sp³-hybridized carbons (Fsp3) is 0.833. The molecule has 1 fully saturated rings. The minimum Gasteiger partial charge on any atom is -0.376 e. The lowest BCUT2D eigenvalue weighted by Crippen LogP contribution is -2.17. The van der Waals surface area contributed by atoms with Crippen LogP contribution >= 0.6 is 11.8 Å². The van der Waals surface area contributed by atoms with Gasteiger partial charge in [-0.1, -0.05) is 25.1 Å². The second-order valence-corrected chi connectivity index (χ2v) is 6.18. The van der Waals surface area contributed by atoms with Gasteiger partial charge in [-0.05, 0) is 40.1 Å². The van der Waals surface area contributed by atoms with Crippen molar-refractivity contribution in [3.63, 3.8) is 0 Å². The summed E-state index contributed by atoms with van der Waals surface area (Å²) in [6.07, 6.45) is 4.59. The Morgan fingerprint density at radius 3 is 2.91 bits per heavy atom. The maximum absolute atomic E-state index is 5.63. The number of ether oxygens (including phenoxy) is 1. The summed E-state index contributed by atoms with van der Waals surface area (Å²) in [5.74, 6) is 1.51. The molecule has 22 heavy (non-hydrogen) atoms. The molecule has 1 aliphatic rings. The highest BCUT2D eigenvalue weighted by Crippen LogP contribution is 2.21. The van der Waals surface area contributed by atoms with Crippen molar-refractivity contribution in [2.24, 2.45) is 0 Å². The summed E-state index contributed by atoms with van der Waals surface area (Å²) in [5.41, 5.74) is 0. The summed E-state index contributed by atoms with van der Waals surface area (Å²) >= 11 is 1.55. The van der Waals surface area contributed by atoms with Crippen molar-refractivity contribution in [3.05, 3.63) is 5.82 Å². The highest BCUT2D eigenvalue weighted by molar-refractivity contribution is 7.98. The molecular formula is C12H20N8OS. The van der Waals surface area contributed by atoms with E-state index in [1.54, 1.807) is 16.4 Å². The Morgan fingerprint density at radius 2 is 2.09 bits per heavy atom. The molecule has 0 saturated carbocycles. The SMILES string of the molecule is CCCCn1nnnc1CSc1nnnn1CC1CCCO1. The molecule has 1 saturated heterocycles. The van der Waals surface area contributed by atoms with Crippen LogP contribution < -0.4 is 0 Å². The Morgan fingerprint density at radius 1 is 1.23 bits per heavy atom. The molecule has 1 atom stereocenters. The molecule has 0 spiro atoms. The molecule has 3 heterocycles. The molecular weight excluding hydrogens is 304 g/mol. The van der Waals surface area contributed by atoms with Crippen molar-refractivity contribution in [2.45, 2.75) is 62.7 Å². The summed E-state index contributed by atoms with van der Waals surface area (Å²) in [7, 11) is 0. The van der Waals surface area contributed by atoms with E-state index in [0.717, 1.165) is 49.8 Å². The summed E-state index contributed by atoms with van der Waals surface area (Å²) in [6.45, 7) is 4.54. The third-order valence-electron chi connectivity index (χ3n) is 3.56. The van der Waals surface area contributed by atoms with E-state index in [4.69, 9.17) is 4.74 Å². The van der Waals surface area contributed by atoms with Gasteiger partial charge in [0.1, 0.15) is 0 Å². The molecule has 0 amide bonds. The number of aryl methyl sites for hydroxylation is 1. The van der Waals surface area contributed by atoms with Crippen LogP contribution in [0.3, 0.4) is 0 Å². The van der Waals surface area contributed by atoms with Crippen LogP contribution in [0.5, 0.6) is 0 Å². The number of hydrogen-bond donors (Lipinski definition) is 0. The molecule has 3 rings (SSSR count). The zero-order valence-corrected chi connectivity index (χ0v) is 13.4. The van der Waals surface area contributed by atoms with E-state index in [2.05, 4.69) is 38.0 Å². The van der Waals surface area contributed by atoms with Crippen molar-refractivity contribution >= 4 is 11.8 Å². The van der Waals surface area contributed by atoms with E-state index < -0.39 is 0 Å². The minimum absolute atomic E-state index is 0.220. The number of unbranched alkanes of at least 4 members (excludes halogenated alkanes) is 1. The summed E-state index contributed by atoms with van der Waals surface area (Å²) in [4.78, 5) is 0. The highest BCUT2D eigenvalue weighted by atomic mass is 32.2. The first-order valence-corrected chi connectivity index (χ1v) is 8.61. The van der Waals surface area contributed by atoms with Gasteiger partial charge in [0.2, 0.25) is 5.16 Å². The van der Waals surface area contributed by atoms with Crippen molar-refractivity contribution in [1.29, 1.82) is 0 Å². The number of tetrazole rings is 2. The normalized spacial score (nSPS) is 18.1. The number of thioether (sulfide) groups is 1. The average Bonchev–Trinajstić information content (AvgIpc) is 3.26. The molecule has 1 aliphatic heterocycles. The lowest BCUT2D eigenvalue weighted by molar-refractivity contribution is 0.0912. The fourth-order valence-electron chi connectivity index (χ4n) is 2.33. The van der Waals surface area contributed by atoms with Crippen LogP contribution in [-0.4, -0.2) is 53.1 Å². The molecule has 0 aliphatic carbocycles. The summed E-state index contributed by atoms with van der Waals surface area (Å²) < 4.78 is 9.29. The molecule has 0 radical (unpaired) electrons. The zero-order chi connectivity index (χ0) is 15.2. The summed E-state index contributed by atoms with van der Waals surface area (Å²) in [5, 5.41) is 24.5. The molecule has 1 unspecified atom stereocenters. The molecule has 2 aromatic rings. The average molecular weight is 324 g/mol. The fourth-order valence-corrected chi connectivity index (χ4v) is 3.15. The van der Waals surface area contributed by atoms with Gasteiger partial charge in [0.15, 0.2) is 5.82 Å². The molecule has 10 heteroatoms. The largest absolute Gasteiger partial charge is 0.376 e. The monoisotopic (exact) mass is 324 g/mol. The van der Waals surface area contributed by atoms with Crippen molar-refractivity contribution in [3.8, 4) is 0 Å². The number of nitrogens with zero attached hydrogens (tertiary/aromatic N) is 8. The lowest BCUT2D eigenvalue weighted by atomic mass is 10.2. The Labute approximate surface area is 132 Å². The van der Waals surface area contributed by atoms with Crippen LogP contribution in [0.2, 0.25) is 0 Å². The number of rotatable bonds is 8. The van der Waals surface area contributed by atoms with Gasteiger partial charge in [-0.15, -0.1) is 10.2 Å². The standard InChI is InChI=1S/C12H20N8OS/c1-2-3-6-19-11(13-15-17-19)9-22-12-14-16-18-20(12)8-10-5-4-7-21-10/h10H,2-9H2,1H3. The molecule has 0 bridgehead atoms. The first-order valence-electron chi connectivity index (χ1n) is 7.62. The summed E-state index contributed by atoms with van der Waals surface area (Å²) in [6, 6.07) is 0. The van der Waals surface area contributed by atoms with Crippen LogP contribution in [-0.2, 0) is 23.6 Å². The Balaban J connectivity index is 1.57. The van der Waals surface area contributed by atoms with Gasteiger partial charge >= 0.3 is 0 Å². The Bertz CT molecular complexity index is 579. The van der Waals surface area contributed by atoms with E-state index >= 15 is 0 Å². The Hall–Kier alpha value is -1.55. The van der Waals surface area contributed by atoms with Gasteiger partial charge in [-0.2, -0.15) is 0 Å². The smallest absolute Gasteiger partial charge is 0.209 e. The van der Waals surface area contributed by atoms with E-state index in [1.165, 1.54) is 0 Å². The number of aromatic nitrogens is 8. The van der Waals surface area contributed by atoms with Gasteiger partial charge in [0.05, 0.1) is 18.4 Å². The predicted molar refractivity (Wildman–Crippen MR) is 79.1 cm³/mol. The molecule has 0 aromatic carbocycles. The van der Waals surface area contributed by atoms with Crippen LogP contribution in [0.4, 0.5) is 0 Å². The zero-order valence-electron chi connectivity index (χ0n) is 12.6. The second kappa shape index (κ2) is 7.63. The maximum Gasteiger partial charge on any atom is 0.209 e. The van der Waals surface area contributed by atoms with Gasteiger partial charge in [-0.25, -0.2) is 9.36 Å². The topological polar surface area (TPSA) is 96.4 Å². The van der Waals surface area contributed by atoms with E-state index in [0.29, 0.717) is 12.3 Å². The van der Waals surface area contributed by atoms with Crippen molar-refractivity contribution in [2.75, 3.05) is 6.61 Å². The third kappa shape index (κ3) is 3.80. The minimum atomic E-state index is 0.220. The molecule has 9 nitrogen and oxygen atoms in total. The molecule has 120 valence electrons. The predicted octanol–water partition coefficient (Wildman–Crippen LogP) is 0.931. The van der Waals surface area contributed by atoms with Crippen LogP contribution in [0, 0.1) is 0 Å². The number of hydrogen-bond acceptors (Lipinski definition) is 8. The Kier molecular flexibility index (Phi) is 5.33. The first kappa shape index (κ1) is 15.3. The molecule has 2 aromatic heterocycles. The first-order chi connectivity index (χ1) is 10.9. The van der Waals surface area contributed by atoms with E-state index in [9.17, 15) is 0 Å². The maximum atomic E-state index is 5.63. The second-order valence-electron chi connectivity index (χ2n) is 5.24. The van der Waals surface area contributed by atoms with Crippen molar-refractivity contribution in [1.82, 2.24) is 40.4 Å². The van der Waals surface area contributed by atoms with Gasteiger partial charge < -0.3 is 4.74 Å². The van der Waals surface area contributed by atoms with E-state index in [1.807, 2.05) is 4.68 Å². The quantitative estimate of drug-likeness (QED) is 0.662. The van der Waals surface area contributed by atoms with Gasteiger partial charge in [0.25, 0.3) is 0 Å². The van der Waals surface area contributed by atoms with Crippen LogP contribution in [0.15, 0.2) is 5.16 Å². The third-order valence-corrected chi connectivity index (χ3v) is 4.51. The van der Waals surface area contributed by atoms with Crippen LogP contribution in [0.1, 0.15) is 38.4 Å². The lowest BCUT2D eigenvalue weighted by Gasteiger charge is -2.09. The van der Waals surface area contributed by atoms with Gasteiger partial charge in [-0.3, -0.25) is 0 Å². The highest BCUT2D eigenvalue weighted by Gasteiger charge is 2.19. The van der Waals surface area contributed by atoms with Crippen molar-refractivity contribution < 1.29 is 4.74 Å². The van der Waals surface area contributed by atoms with Gasteiger partial charge in [0, 0.05) is 13.2 Å². The van der Waals surface area contributed by atoms with Crippen LogP contribution in [0.25, 0.3) is 0 Å².